The van der Waals surface area contributed by atoms with Gasteiger partial charge in [-0.15, -0.1) is 0 Å². The van der Waals surface area contributed by atoms with Gasteiger partial charge in [0.25, 0.3) is 0 Å². The number of fused-ring (bicyclic) bond motifs is 8. The van der Waals surface area contributed by atoms with E-state index in [9.17, 15) is 0 Å². The first-order valence-corrected chi connectivity index (χ1v) is 45.4. The van der Waals surface area contributed by atoms with E-state index in [1.165, 1.54) is 70.8 Å². The van der Waals surface area contributed by atoms with Gasteiger partial charge in [0.15, 0.2) is 0 Å². The Labute approximate surface area is 768 Å². The Morgan fingerprint density at radius 3 is 0.659 bits per heavy atom. The van der Waals surface area contributed by atoms with Crippen molar-refractivity contribution >= 4 is 99.3 Å². The first kappa shape index (κ1) is 78.1. The lowest BCUT2D eigenvalue weighted by Gasteiger charge is -2.28. The molecule has 0 aliphatic rings. The summed E-state index contributed by atoms with van der Waals surface area (Å²) in [6.45, 7) is 0. The number of nitrogens with zero attached hydrogens (tertiary/aromatic N) is 4. The van der Waals surface area contributed by atoms with Crippen molar-refractivity contribution in [2.24, 2.45) is 0 Å². The van der Waals surface area contributed by atoms with E-state index < -0.39 is 0 Å². The fourth-order valence-corrected chi connectivity index (χ4v) is 20.0. The predicted octanol–water partition coefficient (Wildman–Crippen LogP) is 35.5. The molecule has 4 nitrogen and oxygen atoms in total. The van der Waals surface area contributed by atoms with Crippen LogP contribution in [0.25, 0.3) is 199 Å². The largest absolute Gasteiger partial charge is 0.310 e. The minimum Gasteiger partial charge on any atom is -0.310 e. The molecule has 0 atom stereocenters. The van der Waals surface area contributed by atoms with E-state index in [0.717, 1.165) is 162 Å². The highest BCUT2D eigenvalue weighted by Crippen LogP contribution is 2.50. The van der Waals surface area contributed by atoms with E-state index in [0.29, 0.717) is 0 Å². The molecule has 0 aliphatic heterocycles. The summed E-state index contributed by atoms with van der Waals surface area (Å²) in [7, 11) is 0. The van der Waals surface area contributed by atoms with E-state index >= 15 is 0 Å². The zero-order valence-corrected chi connectivity index (χ0v) is 72.4. The maximum absolute atomic E-state index is 2.49. The van der Waals surface area contributed by atoms with E-state index in [1.807, 2.05) is 0 Å². The SMILES string of the molecule is c1ccc(-c2cc(-c3ccccc3)cc(N(c3ccc(-c4ccc(-c5ccc(-c6ccc(-c7cc(-c8ccccc8)cc(N(c8cc(-c9ccccc9)cc(-c9ccccc9)c8)c8cccc(-c9cccc%10c9c9cc%11ccccc%11cc9n%10-c9ccccc9)c8)c7)cc6)cc5)cc4)cc3)c3cccc(-c4cccc5c4c4cc6ccccc6cc4n5-c4ccccc4)c3)c2)cc1. The van der Waals surface area contributed by atoms with Crippen molar-refractivity contribution in [3.8, 4) is 134 Å². The second kappa shape index (κ2) is 33.7. The summed E-state index contributed by atoms with van der Waals surface area (Å²) in [5.41, 5.74) is 38.3. The molecule has 2 aromatic heterocycles. The zero-order valence-electron chi connectivity index (χ0n) is 72.4. The van der Waals surface area contributed by atoms with Gasteiger partial charge in [0.05, 0.1) is 22.1 Å². The predicted molar refractivity (Wildman–Crippen MR) is 559 cm³/mol. The number of anilines is 6. The van der Waals surface area contributed by atoms with Crippen molar-refractivity contribution in [1.82, 2.24) is 9.13 Å². The second-order valence-corrected chi connectivity index (χ2v) is 34.4. The standard InChI is InChI=1S/C128H86N4/c1-8-30-87(31-9-1)105-72-106(88-32-10-2-11-33-88)78-116(77-105)129(114-50-26-44-103(75-114)119-52-28-54-123-127(119)121-83-99-40-22-24-42-101(99)85-125(121)131(123)111-46-18-6-19-47-111)113-70-68-97(69-71-113)96-62-60-93(61-63-96)92-56-58-94(59-57-92)95-64-66-98(67-65-95)110-74-109(91-38-16-5-17-39-91)81-118(82-110)130(117-79-107(89-34-12-3-13-35-89)73-108(80-117)90-36-14-4-15-37-90)115-51-27-45-104(76-115)120-53-29-55-124-128(120)122-84-100-41-23-25-43-102(100)86-126(122)132(124)112-48-20-7-21-49-112/h1-86H. The third-order valence-electron chi connectivity index (χ3n) is 26.4. The number of para-hydroxylation sites is 2. The summed E-state index contributed by atoms with van der Waals surface area (Å²) in [6, 6.07) is 192. The van der Waals surface area contributed by atoms with E-state index in [1.54, 1.807) is 0 Å². The average Bonchev–Trinajstić information content (AvgIpc) is 1.57. The Morgan fingerprint density at radius 2 is 0.356 bits per heavy atom. The van der Waals surface area contributed by atoms with Crippen LogP contribution in [0.3, 0.4) is 0 Å². The van der Waals surface area contributed by atoms with Crippen molar-refractivity contribution < 1.29 is 0 Å². The number of rotatable bonds is 19. The number of benzene rings is 22. The highest BCUT2D eigenvalue weighted by molar-refractivity contribution is 6.20. The quantitative estimate of drug-likeness (QED) is 0.0802. The molecule has 24 aromatic rings. The molecular formula is C128H86N4. The van der Waals surface area contributed by atoms with Crippen molar-refractivity contribution in [2.75, 3.05) is 9.80 Å². The topological polar surface area (TPSA) is 16.3 Å². The molecule has 0 saturated heterocycles. The van der Waals surface area contributed by atoms with Crippen molar-refractivity contribution in [2.45, 2.75) is 0 Å². The van der Waals surface area contributed by atoms with Gasteiger partial charge in [-0.1, -0.05) is 370 Å². The Bertz CT molecular complexity index is 8310. The molecule has 0 fully saturated rings. The minimum absolute atomic E-state index is 1.03. The first-order valence-electron chi connectivity index (χ1n) is 45.4. The molecule has 132 heavy (non-hydrogen) atoms. The Morgan fingerprint density at radius 1 is 0.129 bits per heavy atom. The summed E-state index contributed by atoms with van der Waals surface area (Å²) >= 11 is 0. The van der Waals surface area contributed by atoms with Crippen molar-refractivity contribution in [3.63, 3.8) is 0 Å². The summed E-state index contributed by atoms with van der Waals surface area (Å²) in [5.74, 6) is 0. The van der Waals surface area contributed by atoms with Crippen molar-refractivity contribution in [1.29, 1.82) is 0 Å². The maximum atomic E-state index is 2.49. The molecule has 24 rings (SSSR count). The zero-order chi connectivity index (χ0) is 87.4. The van der Waals surface area contributed by atoms with Gasteiger partial charge in [-0.3, -0.25) is 0 Å². The van der Waals surface area contributed by atoms with Crippen LogP contribution in [0.5, 0.6) is 0 Å². The van der Waals surface area contributed by atoms with Gasteiger partial charge < -0.3 is 18.9 Å². The highest BCUT2D eigenvalue weighted by Gasteiger charge is 2.26. The van der Waals surface area contributed by atoms with Crippen LogP contribution < -0.4 is 9.80 Å². The molecule has 0 saturated carbocycles. The van der Waals surface area contributed by atoms with E-state index in [4.69, 9.17) is 0 Å². The summed E-state index contributed by atoms with van der Waals surface area (Å²) < 4.78 is 4.87. The summed E-state index contributed by atoms with van der Waals surface area (Å²) in [4.78, 5) is 4.92. The fourth-order valence-electron chi connectivity index (χ4n) is 20.0. The van der Waals surface area contributed by atoms with Crippen LogP contribution in [0.2, 0.25) is 0 Å². The van der Waals surface area contributed by atoms with Gasteiger partial charge in [-0.05, 0) is 296 Å². The fraction of sp³-hybridized carbons (Fsp3) is 0. The third-order valence-corrected chi connectivity index (χ3v) is 26.4. The van der Waals surface area contributed by atoms with E-state index in [2.05, 4.69) is 541 Å². The van der Waals surface area contributed by atoms with Gasteiger partial charge in [0, 0.05) is 67.0 Å². The molecule has 0 amide bonds. The van der Waals surface area contributed by atoms with Crippen molar-refractivity contribution in [3.05, 3.63) is 522 Å². The molecule has 0 unspecified atom stereocenters. The molecule has 0 N–H and O–H groups in total. The number of aromatic nitrogens is 2. The Balaban J connectivity index is 0.562. The third kappa shape index (κ3) is 14.7. The Hall–Kier alpha value is -17.4. The average molecular weight is 1680 g/mol. The molecule has 2 heterocycles. The lowest BCUT2D eigenvalue weighted by Crippen LogP contribution is -2.11. The highest BCUT2D eigenvalue weighted by atomic mass is 15.1. The van der Waals surface area contributed by atoms with Gasteiger partial charge in [0.1, 0.15) is 0 Å². The molecule has 0 bridgehead atoms. The van der Waals surface area contributed by atoms with Crippen LogP contribution >= 0.6 is 0 Å². The number of hydrogen-bond donors (Lipinski definition) is 0. The maximum Gasteiger partial charge on any atom is 0.0547 e. The first-order chi connectivity index (χ1) is 65.4. The molecular weight excluding hydrogens is 1590 g/mol. The summed E-state index contributed by atoms with van der Waals surface area (Å²) in [6.07, 6.45) is 0. The van der Waals surface area contributed by atoms with Gasteiger partial charge in [-0.2, -0.15) is 0 Å². The van der Waals surface area contributed by atoms with Crippen LogP contribution in [0.4, 0.5) is 34.1 Å². The second-order valence-electron chi connectivity index (χ2n) is 34.4. The van der Waals surface area contributed by atoms with Gasteiger partial charge in [-0.25, -0.2) is 0 Å². The molecule has 618 valence electrons. The molecule has 4 heteroatoms. The van der Waals surface area contributed by atoms with Crippen LogP contribution in [0.15, 0.2) is 522 Å². The van der Waals surface area contributed by atoms with Crippen LogP contribution in [-0.2, 0) is 0 Å². The summed E-state index contributed by atoms with van der Waals surface area (Å²) in [5, 5.41) is 9.73. The van der Waals surface area contributed by atoms with Gasteiger partial charge in [0.2, 0.25) is 0 Å². The smallest absolute Gasteiger partial charge is 0.0547 e. The monoisotopic (exact) mass is 1680 g/mol. The molecule has 0 radical (unpaired) electrons. The normalized spacial score (nSPS) is 11.5. The van der Waals surface area contributed by atoms with E-state index in [-0.39, 0.29) is 0 Å². The molecule has 0 spiro atoms. The van der Waals surface area contributed by atoms with Gasteiger partial charge >= 0.3 is 0 Å². The van der Waals surface area contributed by atoms with Crippen LogP contribution in [0, 0.1) is 0 Å². The molecule has 0 aliphatic carbocycles. The van der Waals surface area contributed by atoms with Crippen LogP contribution in [-0.4, -0.2) is 9.13 Å². The molecule has 22 aromatic carbocycles. The Kier molecular flexibility index (Phi) is 19.9. The lowest BCUT2D eigenvalue weighted by molar-refractivity contribution is 1.18. The number of hydrogen-bond acceptors (Lipinski definition) is 2. The minimum atomic E-state index is 1.03. The lowest BCUT2D eigenvalue weighted by atomic mass is 9.94. The van der Waals surface area contributed by atoms with Crippen LogP contribution in [0.1, 0.15) is 0 Å².